The van der Waals surface area contributed by atoms with Crippen molar-refractivity contribution in [1.29, 1.82) is 0 Å². The van der Waals surface area contributed by atoms with E-state index in [0.717, 1.165) is 5.56 Å². The number of carbonyl (C=O) groups excluding carboxylic acids is 2. The fourth-order valence-corrected chi connectivity index (χ4v) is 3.96. The number of benzene rings is 2. The van der Waals surface area contributed by atoms with E-state index < -0.39 is 0 Å². The zero-order chi connectivity index (χ0) is 22.0. The van der Waals surface area contributed by atoms with Gasteiger partial charge in [-0.25, -0.2) is 0 Å². The first-order chi connectivity index (χ1) is 14.9. The Morgan fingerprint density at radius 3 is 2.45 bits per heavy atom. The van der Waals surface area contributed by atoms with E-state index in [4.69, 9.17) is 10.2 Å². The van der Waals surface area contributed by atoms with Crippen molar-refractivity contribution in [1.82, 2.24) is 4.90 Å². The van der Waals surface area contributed by atoms with Crippen molar-refractivity contribution in [2.75, 3.05) is 25.0 Å². The van der Waals surface area contributed by atoms with Crippen molar-refractivity contribution >= 4 is 28.7 Å². The molecule has 1 fully saturated rings. The van der Waals surface area contributed by atoms with Gasteiger partial charge >= 0.3 is 0 Å². The minimum atomic E-state index is -0.287. The van der Waals surface area contributed by atoms with Gasteiger partial charge in [-0.3, -0.25) is 24.6 Å². The van der Waals surface area contributed by atoms with Gasteiger partial charge in [0.25, 0.3) is 0 Å². The minimum absolute atomic E-state index is 0.133. The van der Waals surface area contributed by atoms with Gasteiger partial charge in [0.2, 0.25) is 23.1 Å². The van der Waals surface area contributed by atoms with E-state index >= 15 is 0 Å². The molecule has 2 amide bonds. The van der Waals surface area contributed by atoms with Crippen molar-refractivity contribution < 1.29 is 14.0 Å². The van der Waals surface area contributed by atoms with Crippen LogP contribution in [-0.2, 0) is 9.59 Å². The van der Waals surface area contributed by atoms with Crippen LogP contribution in [-0.4, -0.2) is 36.3 Å². The number of nitrogens with zero attached hydrogens (tertiary/aromatic N) is 1. The summed E-state index contributed by atoms with van der Waals surface area (Å²) in [5.74, 6) is -0.551. The van der Waals surface area contributed by atoms with Crippen molar-refractivity contribution in [2.45, 2.75) is 19.8 Å². The quantitative estimate of drug-likeness (QED) is 0.662. The van der Waals surface area contributed by atoms with E-state index in [-0.39, 0.29) is 35.6 Å². The first kappa shape index (κ1) is 20.8. The lowest BCUT2D eigenvalue weighted by Gasteiger charge is -2.29. The fraction of sp³-hybridized carbons (Fsp3) is 0.292. The number of amides is 2. The number of primary amides is 1. The number of nitrogens with one attached hydrogen (secondary N) is 1. The van der Waals surface area contributed by atoms with E-state index in [0.29, 0.717) is 48.0 Å². The summed E-state index contributed by atoms with van der Waals surface area (Å²) in [6.45, 7) is 3.35. The summed E-state index contributed by atoms with van der Waals surface area (Å²) >= 11 is 0. The maximum absolute atomic E-state index is 13.2. The molecule has 0 unspecified atom stereocenters. The molecular formula is C24H25N3O4. The summed E-state index contributed by atoms with van der Waals surface area (Å²) < 4.78 is 5.96. The Hall–Kier alpha value is -3.45. The third-order valence-corrected chi connectivity index (χ3v) is 5.75. The van der Waals surface area contributed by atoms with Gasteiger partial charge in [0, 0.05) is 5.92 Å². The molecule has 0 bridgehead atoms. The predicted molar refractivity (Wildman–Crippen MR) is 120 cm³/mol. The molecule has 31 heavy (non-hydrogen) atoms. The van der Waals surface area contributed by atoms with Gasteiger partial charge < -0.3 is 10.2 Å². The van der Waals surface area contributed by atoms with Crippen LogP contribution in [0.4, 0.5) is 5.88 Å². The van der Waals surface area contributed by atoms with Crippen LogP contribution in [0.1, 0.15) is 18.4 Å². The number of nitrogens with two attached hydrogens (primary N) is 1. The molecule has 1 saturated heterocycles. The highest BCUT2D eigenvalue weighted by Crippen LogP contribution is 2.29. The van der Waals surface area contributed by atoms with Gasteiger partial charge in [0.05, 0.1) is 17.5 Å². The second-order valence-corrected chi connectivity index (χ2v) is 8.00. The third kappa shape index (κ3) is 4.51. The molecular weight excluding hydrogens is 394 g/mol. The van der Waals surface area contributed by atoms with Gasteiger partial charge in [-0.05, 0) is 50.6 Å². The summed E-state index contributed by atoms with van der Waals surface area (Å²) in [5.41, 5.74) is 7.69. The Balaban J connectivity index is 1.61. The van der Waals surface area contributed by atoms with E-state index in [1.165, 1.54) is 0 Å². The standard InChI is InChI=1S/C24H25N3O4/c1-15-6-8-16(9-7-15)21-22(29)18-4-2-3-5-19(18)31-24(21)26-20(28)14-27-12-10-17(11-13-27)23(25)30/h2-9,17H,10-14H2,1H3,(H2,25,30)(H,26,28). The molecule has 0 spiro atoms. The molecule has 2 aromatic carbocycles. The number of rotatable bonds is 5. The Bertz CT molecular complexity index is 1180. The average Bonchev–Trinajstić information content (AvgIpc) is 2.75. The van der Waals surface area contributed by atoms with Gasteiger partial charge in [0.1, 0.15) is 5.58 Å². The number of carbonyl (C=O) groups is 2. The molecule has 1 aliphatic rings. The molecule has 3 aromatic rings. The van der Waals surface area contributed by atoms with E-state index in [2.05, 4.69) is 5.32 Å². The molecule has 160 valence electrons. The number of hydrogen-bond donors (Lipinski definition) is 2. The molecule has 1 aliphatic heterocycles. The lowest BCUT2D eigenvalue weighted by atomic mass is 9.96. The van der Waals surface area contributed by atoms with Crippen LogP contribution in [0, 0.1) is 12.8 Å². The number of likely N-dealkylation sites (tertiary alicyclic amines) is 1. The molecule has 7 heteroatoms. The molecule has 4 rings (SSSR count). The topological polar surface area (TPSA) is 106 Å². The van der Waals surface area contributed by atoms with Gasteiger partial charge in [-0.15, -0.1) is 0 Å². The third-order valence-electron chi connectivity index (χ3n) is 5.75. The average molecular weight is 419 g/mol. The summed E-state index contributed by atoms with van der Waals surface area (Å²) in [7, 11) is 0. The second-order valence-electron chi connectivity index (χ2n) is 8.00. The molecule has 1 aromatic heterocycles. The first-order valence-electron chi connectivity index (χ1n) is 10.4. The molecule has 0 radical (unpaired) electrons. The molecule has 0 atom stereocenters. The van der Waals surface area contributed by atoms with E-state index in [1.807, 2.05) is 36.1 Å². The van der Waals surface area contributed by atoms with Crippen LogP contribution in [0.5, 0.6) is 0 Å². The van der Waals surface area contributed by atoms with Gasteiger partial charge in [-0.1, -0.05) is 42.0 Å². The van der Waals surface area contributed by atoms with Crippen molar-refractivity contribution in [3.63, 3.8) is 0 Å². The van der Waals surface area contributed by atoms with Crippen LogP contribution >= 0.6 is 0 Å². The van der Waals surface area contributed by atoms with E-state index in [1.54, 1.807) is 24.3 Å². The van der Waals surface area contributed by atoms with Crippen molar-refractivity contribution in [3.05, 3.63) is 64.3 Å². The number of fused-ring (bicyclic) bond motifs is 1. The Morgan fingerprint density at radius 1 is 1.10 bits per heavy atom. The molecule has 0 aliphatic carbocycles. The van der Waals surface area contributed by atoms with Crippen molar-refractivity contribution in [3.8, 4) is 11.1 Å². The zero-order valence-electron chi connectivity index (χ0n) is 17.4. The Kier molecular flexibility index (Phi) is 5.86. The maximum atomic E-state index is 13.2. The predicted octanol–water partition coefficient (Wildman–Crippen LogP) is 2.90. The van der Waals surface area contributed by atoms with E-state index in [9.17, 15) is 14.4 Å². The van der Waals surface area contributed by atoms with Crippen LogP contribution in [0.15, 0.2) is 57.7 Å². The van der Waals surface area contributed by atoms with Crippen LogP contribution in [0.3, 0.4) is 0 Å². The van der Waals surface area contributed by atoms with Crippen LogP contribution in [0.25, 0.3) is 22.1 Å². The SMILES string of the molecule is Cc1ccc(-c2c(NC(=O)CN3CCC(C(N)=O)CC3)oc3ccccc3c2=O)cc1. The highest BCUT2D eigenvalue weighted by atomic mass is 16.4. The minimum Gasteiger partial charge on any atom is -0.439 e. The fourth-order valence-electron chi connectivity index (χ4n) is 3.96. The summed E-state index contributed by atoms with van der Waals surface area (Å²) in [6.07, 6.45) is 1.28. The number of aryl methyl sites for hydroxylation is 1. The summed E-state index contributed by atoms with van der Waals surface area (Å²) in [4.78, 5) is 39.3. The smallest absolute Gasteiger partial charge is 0.240 e. The molecule has 7 nitrogen and oxygen atoms in total. The maximum Gasteiger partial charge on any atom is 0.240 e. The van der Waals surface area contributed by atoms with Crippen LogP contribution in [0.2, 0.25) is 0 Å². The molecule has 0 saturated carbocycles. The normalized spacial score (nSPS) is 15.1. The zero-order valence-corrected chi connectivity index (χ0v) is 17.4. The second kappa shape index (κ2) is 8.73. The molecule has 3 N–H and O–H groups in total. The summed E-state index contributed by atoms with van der Waals surface area (Å²) in [5, 5.41) is 3.26. The molecule has 2 heterocycles. The monoisotopic (exact) mass is 419 g/mol. The number of piperidine rings is 1. The number of anilines is 1. The lowest BCUT2D eigenvalue weighted by molar-refractivity contribution is -0.123. The largest absolute Gasteiger partial charge is 0.439 e. The number of hydrogen-bond acceptors (Lipinski definition) is 5. The van der Waals surface area contributed by atoms with Crippen molar-refractivity contribution in [2.24, 2.45) is 11.7 Å². The highest BCUT2D eigenvalue weighted by Gasteiger charge is 2.25. The Labute approximate surface area is 179 Å². The summed E-state index contributed by atoms with van der Waals surface area (Å²) in [6, 6.07) is 14.5. The van der Waals surface area contributed by atoms with Gasteiger partial charge in [-0.2, -0.15) is 0 Å². The number of para-hydroxylation sites is 1. The Morgan fingerprint density at radius 2 is 1.77 bits per heavy atom. The van der Waals surface area contributed by atoms with Gasteiger partial charge in [0.15, 0.2) is 0 Å². The lowest BCUT2D eigenvalue weighted by Crippen LogP contribution is -2.42. The van der Waals surface area contributed by atoms with Crippen LogP contribution < -0.4 is 16.5 Å². The highest BCUT2D eigenvalue weighted by molar-refractivity contribution is 5.97. The first-order valence-corrected chi connectivity index (χ1v) is 10.4.